The molecular formula is C15H17BrClNS. The molecule has 0 aliphatic heterocycles. The van der Waals surface area contributed by atoms with Gasteiger partial charge in [-0.2, -0.15) is 0 Å². The highest BCUT2D eigenvalue weighted by molar-refractivity contribution is 9.08. The van der Waals surface area contributed by atoms with E-state index in [-0.39, 0.29) is 0 Å². The number of likely N-dealkylation sites (N-methyl/N-ethyl adjacent to an activating group) is 1. The van der Waals surface area contributed by atoms with E-state index in [1.54, 1.807) is 0 Å². The summed E-state index contributed by atoms with van der Waals surface area (Å²) in [6.07, 6.45) is 1.05. The molecule has 19 heavy (non-hydrogen) atoms. The Kier molecular flexibility index (Phi) is 5.31. The van der Waals surface area contributed by atoms with E-state index in [0.717, 1.165) is 22.5 Å². The summed E-state index contributed by atoms with van der Waals surface area (Å²) in [5.74, 6) is 0. The summed E-state index contributed by atoms with van der Waals surface area (Å²) in [6.45, 7) is 2.23. The van der Waals surface area contributed by atoms with E-state index in [1.165, 1.54) is 10.4 Å². The van der Waals surface area contributed by atoms with Crippen molar-refractivity contribution in [1.82, 2.24) is 0 Å². The van der Waals surface area contributed by atoms with E-state index < -0.39 is 0 Å². The molecule has 1 aromatic heterocycles. The molecule has 102 valence electrons. The van der Waals surface area contributed by atoms with E-state index in [2.05, 4.69) is 64.4 Å². The Morgan fingerprint density at radius 3 is 2.74 bits per heavy atom. The van der Waals surface area contributed by atoms with E-state index in [0.29, 0.717) is 6.04 Å². The lowest BCUT2D eigenvalue weighted by Crippen LogP contribution is -2.30. The smallest absolute Gasteiger partial charge is 0.0642 e. The van der Waals surface area contributed by atoms with Gasteiger partial charge in [-0.1, -0.05) is 39.7 Å². The topological polar surface area (TPSA) is 3.24 Å². The highest BCUT2D eigenvalue weighted by Crippen LogP contribution is 2.29. The molecule has 0 radical (unpaired) electrons. The molecule has 0 N–H and O–H groups in total. The van der Waals surface area contributed by atoms with Gasteiger partial charge in [0.15, 0.2) is 0 Å². The van der Waals surface area contributed by atoms with Gasteiger partial charge in [0.25, 0.3) is 0 Å². The number of benzene rings is 1. The summed E-state index contributed by atoms with van der Waals surface area (Å²) in [7, 11) is 2.10. The highest BCUT2D eigenvalue weighted by Gasteiger charge is 2.14. The second-order valence-electron chi connectivity index (χ2n) is 4.66. The molecule has 0 aliphatic rings. The molecule has 1 heterocycles. The van der Waals surface area contributed by atoms with Gasteiger partial charge in [0.1, 0.15) is 0 Å². The Hall–Kier alpha value is -0.510. The number of hydrogen-bond acceptors (Lipinski definition) is 2. The molecule has 2 rings (SSSR count). The van der Waals surface area contributed by atoms with Crippen LogP contribution < -0.4 is 4.90 Å². The Balaban J connectivity index is 2.12. The van der Waals surface area contributed by atoms with Crippen LogP contribution in [0.1, 0.15) is 17.4 Å². The summed E-state index contributed by atoms with van der Waals surface area (Å²) >= 11 is 11.6. The minimum absolute atomic E-state index is 0.422. The average Bonchev–Trinajstić information content (AvgIpc) is 2.90. The molecule has 0 spiro atoms. The summed E-state index contributed by atoms with van der Waals surface area (Å²) < 4.78 is 0. The molecule has 0 saturated carbocycles. The molecule has 0 amide bonds. The fourth-order valence-corrected chi connectivity index (χ4v) is 3.53. The van der Waals surface area contributed by atoms with Crippen LogP contribution in [0.3, 0.4) is 0 Å². The number of thiophene rings is 1. The quantitative estimate of drug-likeness (QED) is 0.650. The van der Waals surface area contributed by atoms with Crippen LogP contribution in [-0.4, -0.2) is 13.1 Å². The molecule has 0 bridgehead atoms. The van der Waals surface area contributed by atoms with Crippen LogP contribution in [0.25, 0.3) is 0 Å². The molecule has 4 heteroatoms. The zero-order valence-electron chi connectivity index (χ0n) is 11.1. The largest absolute Gasteiger partial charge is 0.370 e. The summed E-state index contributed by atoms with van der Waals surface area (Å²) in [4.78, 5) is 3.66. The first-order valence-corrected chi connectivity index (χ1v) is 8.59. The predicted octanol–water partition coefficient (Wildman–Crippen LogP) is 5.36. The van der Waals surface area contributed by atoms with Crippen LogP contribution in [0, 0.1) is 0 Å². The van der Waals surface area contributed by atoms with Gasteiger partial charge in [0, 0.05) is 29.7 Å². The lowest BCUT2D eigenvalue weighted by molar-refractivity contribution is 0.688. The lowest BCUT2D eigenvalue weighted by atomic mass is 10.1. The maximum atomic E-state index is 6.37. The summed E-state index contributed by atoms with van der Waals surface area (Å²) in [5, 5.41) is 3.78. The first-order chi connectivity index (χ1) is 9.11. The zero-order valence-corrected chi connectivity index (χ0v) is 14.2. The highest BCUT2D eigenvalue weighted by atomic mass is 79.9. The molecular weight excluding hydrogens is 342 g/mol. The molecule has 0 aliphatic carbocycles. The molecule has 2 aromatic rings. The second-order valence-corrected chi connectivity index (χ2v) is 6.66. The van der Waals surface area contributed by atoms with Gasteiger partial charge >= 0.3 is 0 Å². The van der Waals surface area contributed by atoms with Crippen molar-refractivity contribution in [2.45, 2.75) is 24.7 Å². The first kappa shape index (κ1) is 14.9. The van der Waals surface area contributed by atoms with Gasteiger partial charge in [-0.15, -0.1) is 11.3 Å². The fourth-order valence-electron chi connectivity index (χ4n) is 2.01. The van der Waals surface area contributed by atoms with E-state index in [9.17, 15) is 0 Å². The van der Waals surface area contributed by atoms with Crippen molar-refractivity contribution >= 4 is 44.6 Å². The average molecular weight is 359 g/mol. The Labute approximate surface area is 132 Å². The van der Waals surface area contributed by atoms with Crippen LogP contribution in [0.4, 0.5) is 5.69 Å². The number of halogens is 2. The van der Waals surface area contributed by atoms with Crippen molar-refractivity contribution < 1.29 is 0 Å². The minimum Gasteiger partial charge on any atom is -0.370 e. The van der Waals surface area contributed by atoms with Crippen molar-refractivity contribution in [3.8, 4) is 0 Å². The molecule has 0 fully saturated rings. The first-order valence-electron chi connectivity index (χ1n) is 6.21. The van der Waals surface area contributed by atoms with Crippen molar-refractivity contribution in [1.29, 1.82) is 0 Å². The Bertz CT molecular complexity index is 527. The van der Waals surface area contributed by atoms with Crippen LogP contribution in [0.2, 0.25) is 5.02 Å². The lowest BCUT2D eigenvalue weighted by Gasteiger charge is -2.28. The van der Waals surface area contributed by atoms with Gasteiger partial charge in [-0.3, -0.25) is 0 Å². The number of alkyl halides is 1. The van der Waals surface area contributed by atoms with Crippen LogP contribution >= 0.6 is 38.9 Å². The monoisotopic (exact) mass is 357 g/mol. The van der Waals surface area contributed by atoms with Gasteiger partial charge < -0.3 is 4.90 Å². The second kappa shape index (κ2) is 6.78. The number of rotatable bonds is 5. The predicted molar refractivity (Wildman–Crippen MR) is 90.0 cm³/mol. The van der Waals surface area contributed by atoms with Crippen molar-refractivity contribution in [3.05, 3.63) is 51.2 Å². The van der Waals surface area contributed by atoms with Crippen molar-refractivity contribution in [3.63, 3.8) is 0 Å². The van der Waals surface area contributed by atoms with Crippen molar-refractivity contribution in [2.75, 3.05) is 11.9 Å². The van der Waals surface area contributed by atoms with E-state index in [1.807, 2.05) is 17.4 Å². The number of nitrogens with zero attached hydrogens (tertiary/aromatic N) is 1. The van der Waals surface area contributed by atoms with Crippen LogP contribution in [0.15, 0.2) is 35.7 Å². The zero-order chi connectivity index (χ0) is 13.8. The molecule has 1 unspecified atom stereocenters. The van der Waals surface area contributed by atoms with Gasteiger partial charge in [-0.25, -0.2) is 0 Å². The third kappa shape index (κ3) is 3.74. The minimum atomic E-state index is 0.422. The third-order valence-corrected chi connectivity index (χ3v) is 5.13. The fraction of sp³-hybridized carbons (Fsp3) is 0.333. The number of anilines is 1. The number of hydrogen-bond donors (Lipinski definition) is 0. The van der Waals surface area contributed by atoms with E-state index in [4.69, 9.17) is 11.6 Å². The van der Waals surface area contributed by atoms with Gasteiger partial charge in [0.2, 0.25) is 0 Å². The Morgan fingerprint density at radius 2 is 2.16 bits per heavy atom. The van der Waals surface area contributed by atoms with Gasteiger partial charge in [0.05, 0.1) is 10.7 Å². The summed E-state index contributed by atoms with van der Waals surface area (Å²) in [5.41, 5.74) is 2.29. The van der Waals surface area contributed by atoms with Crippen LogP contribution in [-0.2, 0) is 11.8 Å². The SMILES string of the molecule is CC(Cc1cccs1)N(C)c1ccc(CBr)cc1Cl. The Morgan fingerprint density at radius 1 is 1.37 bits per heavy atom. The maximum Gasteiger partial charge on any atom is 0.0642 e. The maximum absolute atomic E-state index is 6.37. The van der Waals surface area contributed by atoms with Gasteiger partial charge in [-0.05, 0) is 36.1 Å². The van der Waals surface area contributed by atoms with Crippen molar-refractivity contribution in [2.24, 2.45) is 0 Å². The molecule has 1 aromatic carbocycles. The van der Waals surface area contributed by atoms with E-state index >= 15 is 0 Å². The molecule has 1 nitrogen and oxygen atoms in total. The molecule has 0 saturated heterocycles. The third-order valence-electron chi connectivity index (χ3n) is 3.28. The standard InChI is InChI=1S/C15H17BrClNS/c1-11(8-13-4-3-7-19-13)18(2)15-6-5-12(10-16)9-14(15)17/h3-7,9,11H,8,10H2,1-2H3. The molecule has 1 atom stereocenters. The summed E-state index contributed by atoms with van der Waals surface area (Å²) in [6, 6.07) is 11.0. The normalized spacial score (nSPS) is 12.4. The van der Waals surface area contributed by atoms with Crippen LogP contribution in [0.5, 0.6) is 0 Å².